The van der Waals surface area contributed by atoms with Crippen LogP contribution in [0, 0.1) is 0 Å². The maximum absolute atomic E-state index is 12.6. The number of hydrogen-bond donors (Lipinski definition) is 1. The third kappa shape index (κ3) is 3.85. The van der Waals surface area contributed by atoms with Gasteiger partial charge in [0.15, 0.2) is 0 Å². The number of aliphatic carboxylic acids is 1. The van der Waals surface area contributed by atoms with Crippen molar-refractivity contribution in [3.63, 3.8) is 0 Å². The fraction of sp³-hybridized carbons (Fsp3) is 0.200. The summed E-state index contributed by atoms with van der Waals surface area (Å²) >= 11 is 0. The summed E-state index contributed by atoms with van der Waals surface area (Å²) in [5.74, 6) is 0.228. The monoisotopic (exact) mass is 354 g/mol. The average molecular weight is 354 g/mol. The molecule has 6 nitrogen and oxygen atoms in total. The second-order valence-electron chi connectivity index (χ2n) is 5.64. The van der Waals surface area contributed by atoms with Gasteiger partial charge in [-0.1, -0.05) is 25.1 Å². The van der Waals surface area contributed by atoms with E-state index in [9.17, 15) is 9.59 Å². The topological polar surface area (TPSA) is 86.0 Å². The van der Waals surface area contributed by atoms with Crippen molar-refractivity contribution in [1.82, 2.24) is 0 Å². The number of fused-ring (bicyclic) bond motifs is 1. The number of hydrogen-bond acceptors (Lipinski definition) is 5. The zero-order valence-corrected chi connectivity index (χ0v) is 14.2. The SMILES string of the molecule is CCc1ccccc1Oc1coc2cc(OCCC(=O)O)ccc2c1=O. The van der Waals surface area contributed by atoms with Gasteiger partial charge in [0.25, 0.3) is 0 Å². The van der Waals surface area contributed by atoms with Crippen LogP contribution in [-0.2, 0) is 11.2 Å². The van der Waals surface area contributed by atoms with Gasteiger partial charge in [0.05, 0.1) is 18.4 Å². The summed E-state index contributed by atoms with van der Waals surface area (Å²) < 4.78 is 16.6. The van der Waals surface area contributed by atoms with Crippen molar-refractivity contribution in [2.24, 2.45) is 0 Å². The molecule has 0 radical (unpaired) electrons. The van der Waals surface area contributed by atoms with E-state index in [1.54, 1.807) is 18.2 Å². The molecule has 2 aromatic carbocycles. The van der Waals surface area contributed by atoms with Gasteiger partial charge in [-0.25, -0.2) is 0 Å². The standard InChI is InChI=1S/C20H18O6/c1-2-13-5-3-4-6-16(13)26-18-12-25-17-11-14(24-10-9-19(21)22)7-8-15(17)20(18)23/h3-8,11-12H,2,9-10H2,1H3,(H,21,22). The van der Waals surface area contributed by atoms with Crippen molar-refractivity contribution >= 4 is 16.9 Å². The Hall–Kier alpha value is -3.28. The van der Waals surface area contributed by atoms with Crippen LogP contribution in [0.2, 0.25) is 0 Å². The molecule has 0 aliphatic heterocycles. The Kier molecular flexibility index (Phi) is 5.22. The molecule has 1 N–H and O–H groups in total. The van der Waals surface area contributed by atoms with Crippen LogP contribution in [-0.4, -0.2) is 17.7 Å². The molecule has 0 fully saturated rings. The van der Waals surface area contributed by atoms with E-state index in [2.05, 4.69) is 0 Å². The fourth-order valence-corrected chi connectivity index (χ4v) is 2.52. The Morgan fingerprint density at radius 1 is 1.15 bits per heavy atom. The van der Waals surface area contributed by atoms with Gasteiger partial charge in [-0.2, -0.15) is 0 Å². The van der Waals surface area contributed by atoms with Crippen molar-refractivity contribution in [2.45, 2.75) is 19.8 Å². The number of benzene rings is 2. The van der Waals surface area contributed by atoms with E-state index in [1.165, 1.54) is 6.26 Å². The molecule has 0 aliphatic carbocycles. The van der Waals surface area contributed by atoms with Gasteiger partial charge in [0.2, 0.25) is 11.2 Å². The molecule has 0 bridgehead atoms. The fourth-order valence-electron chi connectivity index (χ4n) is 2.52. The van der Waals surface area contributed by atoms with Crippen LogP contribution in [0.4, 0.5) is 0 Å². The highest BCUT2D eigenvalue weighted by molar-refractivity contribution is 5.79. The van der Waals surface area contributed by atoms with Crippen LogP contribution in [0.3, 0.4) is 0 Å². The minimum atomic E-state index is -0.938. The van der Waals surface area contributed by atoms with Crippen molar-refractivity contribution in [2.75, 3.05) is 6.61 Å². The third-order valence-electron chi connectivity index (χ3n) is 3.87. The van der Waals surface area contributed by atoms with E-state index >= 15 is 0 Å². The molecule has 6 heteroatoms. The number of carboxylic acids is 1. The Labute approximate surface area is 149 Å². The van der Waals surface area contributed by atoms with Gasteiger partial charge in [0, 0.05) is 6.07 Å². The lowest BCUT2D eigenvalue weighted by Gasteiger charge is -2.10. The molecule has 0 saturated heterocycles. The number of carbonyl (C=O) groups is 1. The minimum absolute atomic E-state index is 0.0417. The molecule has 3 rings (SSSR count). The molecule has 0 aliphatic rings. The summed E-state index contributed by atoms with van der Waals surface area (Å²) in [7, 11) is 0. The van der Waals surface area contributed by atoms with Crippen LogP contribution in [0.25, 0.3) is 11.0 Å². The van der Waals surface area contributed by atoms with E-state index in [4.69, 9.17) is 19.0 Å². The molecule has 134 valence electrons. The van der Waals surface area contributed by atoms with E-state index in [0.29, 0.717) is 22.5 Å². The minimum Gasteiger partial charge on any atom is -0.493 e. The molecular weight excluding hydrogens is 336 g/mol. The van der Waals surface area contributed by atoms with Crippen molar-refractivity contribution in [1.29, 1.82) is 0 Å². The smallest absolute Gasteiger partial charge is 0.306 e. The summed E-state index contributed by atoms with van der Waals surface area (Å²) in [5, 5.41) is 9.00. The first-order valence-electron chi connectivity index (χ1n) is 8.24. The highest BCUT2D eigenvalue weighted by atomic mass is 16.5. The van der Waals surface area contributed by atoms with E-state index in [0.717, 1.165) is 12.0 Å². The van der Waals surface area contributed by atoms with Gasteiger partial charge in [-0.05, 0) is 30.2 Å². The lowest BCUT2D eigenvalue weighted by molar-refractivity contribution is -0.137. The van der Waals surface area contributed by atoms with Crippen molar-refractivity contribution in [3.8, 4) is 17.2 Å². The van der Waals surface area contributed by atoms with E-state index < -0.39 is 5.97 Å². The molecular formula is C20H18O6. The predicted molar refractivity (Wildman–Crippen MR) is 96.1 cm³/mol. The zero-order chi connectivity index (χ0) is 18.5. The molecule has 1 aromatic heterocycles. The van der Waals surface area contributed by atoms with Crippen LogP contribution < -0.4 is 14.9 Å². The summed E-state index contributed by atoms with van der Waals surface area (Å²) in [4.78, 5) is 23.2. The first-order valence-corrected chi connectivity index (χ1v) is 8.24. The van der Waals surface area contributed by atoms with E-state index in [-0.39, 0.29) is 24.2 Å². The first-order chi connectivity index (χ1) is 12.6. The maximum atomic E-state index is 12.6. The molecule has 0 spiro atoms. The molecule has 0 unspecified atom stereocenters. The summed E-state index contributed by atoms with van der Waals surface area (Å²) in [6.45, 7) is 2.05. The van der Waals surface area contributed by atoms with Gasteiger partial charge in [-0.15, -0.1) is 0 Å². The highest BCUT2D eigenvalue weighted by Gasteiger charge is 2.12. The number of ether oxygens (including phenoxy) is 2. The van der Waals surface area contributed by atoms with Gasteiger partial charge in [-0.3, -0.25) is 9.59 Å². The average Bonchev–Trinajstić information content (AvgIpc) is 2.64. The number of carboxylic acid groups (broad SMARTS) is 1. The summed E-state index contributed by atoms with van der Waals surface area (Å²) in [6.07, 6.45) is 1.95. The summed E-state index contributed by atoms with van der Waals surface area (Å²) in [6, 6.07) is 12.3. The van der Waals surface area contributed by atoms with Crippen LogP contribution >= 0.6 is 0 Å². The largest absolute Gasteiger partial charge is 0.493 e. The maximum Gasteiger partial charge on any atom is 0.306 e. The summed E-state index contributed by atoms with van der Waals surface area (Å²) in [5.41, 5.74) is 1.06. The number of aryl methyl sites for hydroxylation is 1. The number of para-hydroxylation sites is 1. The second-order valence-corrected chi connectivity index (χ2v) is 5.64. The lowest BCUT2D eigenvalue weighted by Crippen LogP contribution is -2.07. The molecule has 0 amide bonds. The Morgan fingerprint density at radius 2 is 1.96 bits per heavy atom. The molecule has 26 heavy (non-hydrogen) atoms. The Morgan fingerprint density at radius 3 is 2.73 bits per heavy atom. The van der Waals surface area contributed by atoms with Crippen LogP contribution in [0.15, 0.2) is 57.9 Å². The quantitative estimate of drug-likeness (QED) is 0.690. The highest BCUT2D eigenvalue weighted by Crippen LogP contribution is 2.26. The van der Waals surface area contributed by atoms with Crippen molar-refractivity contribution < 1.29 is 23.8 Å². The first kappa shape index (κ1) is 17.5. The van der Waals surface area contributed by atoms with E-state index in [1.807, 2.05) is 31.2 Å². The van der Waals surface area contributed by atoms with Gasteiger partial charge in [0.1, 0.15) is 23.3 Å². The van der Waals surface area contributed by atoms with Crippen molar-refractivity contribution in [3.05, 3.63) is 64.5 Å². The molecule has 0 atom stereocenters. The Bertz CT molecular complexity index is 989. The zero-order valence-electron chi connectivity index (χ0n) is 14.2. The van der Waals surface area contributed by atoms with Crippen LogP contribution in [0.5, 0.6) is 17.2 Å². The van der Waals surface area contributed by atoms with Crippen LogP contribution in [0.1, 0.15) is 18.9 Å². The van der Waals surface area contributed by atoms with Gasteiger partial charge >= 0.3 is 5.97 Å². The molecule has 3 aromatic rings. The normalized spacial score (nSPS) is 10.7. The third-order valence-corrected chi connectivity index (χ3v) is 3.87. The van der Waals surface area contributed by atoms with Gasteiger partial charge < -0.3 is 19.0 Å². The predicted octanol–water partition coefficient (Wildman–Crippen LogP) is 4.00. The number of rotatable bonds is 7. The second kappa shape index (κ2) is 7.74. The molecule has 1 heterocycles. The lowest BCUT2D eigenvalue weighted by atomic mass is 10.1. The Balaban J connectivity index is 1.86. The molecule has 0 saturated carbocycles.